The maximum atomic E-state index is 13.2. The van der Waals surface area contributed by atoms with E-state index in [-0.39, 0.29) is 17.8 Å². The second-order valence-corrected chi connectivity index (χ2v) is 7.90. The van der Waals surface area contributed by atoms with Crippen molar-refractivity contribution in [3.8, 4) is 5.75 Å². The zero-order valence-corrected chi connectivity index (χ0v) is 16.4. The number of carbonyl (C=O) groups excluding carboxylic acids is 1. The number of ether oxygens (including phenoxy) is 1. The van der Waals surface area contributed by atoms with Gasteiger partial charge in [-0.15, -0.1) is 5.10 Å². The molecule has 150 valence electrons. The van der Waals surface area contributed by atoms with Gasteiger partial charge in [0.1, 0.15) is 5.75 Å². The maximum absolute atomic E-state index is 13.2. The lowest BCUT2D eigenvalue weighted by molar-refractivity contribution is 0.0572. The fraction of sp³-hybridized carbons (Fsp3) is 0.429. The van der Waals surface area contributed by atoms with E-state index in [0.29, 0.717) is 11.7 Å². The zero-order valence-electron chi connectivity index (χ0n) is 16.4. The van der Waals surface area contributed by atoms with Gasteiger partial charge in [-0.1, -0.05) is 12.1 Å². The summed E-state index contributed by atoms with van der Waals surface area (Å²) in [6.07, 6.45) is 5.61. The molecule has 29 heavy (non-hydrogen) atoms. The average molecular weight is 392 g/mol. The molecular weight excluding hydrogens is 368 g/mol. The lowest BCUT2D eigenvalue weighted by Crippen LogP contribution is -2.47. The number of piperidine rings is 1. The molecule has 6 rings (SSSR count). The van der Waals surface area contributed by atoms with Crippen LogP contribution in [0.4, 0.5) is 0 Å². The summed E-state index contributed by atoms with van der Waals surface area (Å²) in [7, 11) is 1.68. The van der Waals surface area contributed by atoms with Crippen molar-refractivity contribution in [2.24, 2.45) is 5.92 Å². The minimum absolute atomic E-state index is 0.0866. The second kappa shape index (κ2) is 7.44. The summed E-state index contributed by atoms with van der Waals surface area (Å²) in [5, 5.41) is 4.33. The summed E-state index contributed by atoms with van der Waals surface area (Å²) in [6, 6.07) is 10.2. The molecule has 3 saturated heterocycles. The largest absolute Gasteiger partial charge is 0.497 e. The number of fused-ring (bicyclic) bond motifs is 5. The molecule has 1 aromatic carbocycles. The smallest absolute Gasteiger partial charge is 0.293 e. The molecule has 0 aliphatic carbocycles. The predicted molar refractivity (Wildman–Crippen MR) is 107 cm³/mol. The number of benzene rings is 1. The van der Waals surface area contributed by atoms with E-state index in [0.717, 1.165) is 44.8 Å². The van der Waals surface area contributed by atoms with Gasteiger partial charge in [0, 0.05) is 44.6 Å². The number of amides is 1. The van der Waals surface area contributed by atoms with E-state index >= 15 is 0 Å². The number of rotatable bonds is 4. The Kier molecular flexibility index (Phi) is 4.63. The number of hydrogen-bond donors (Lipinski definition) is 0. The molecule has 0 spiro atoms. The Balaban J connectivity index is 1.32. The van der Waals surface area contributed by atoms with Crippen molar-refractivity contribution in [3.63, 3.8) is 0 Å². The van der Waals surface area contributed by atoms with Crippen molar-refractivity contribution in [2.75, 3.05) is 26.7 Å². The Bertz CT molecular complexity index is 984. The third kappa shape index (κ3) is 3.55. The van der Waals surface area contributed by atoms with Crippen LogP contribution in [0.5, 0.6) is 5.75 Å². The van der Waals surface area contributed by atoms with Crippen molar-refractivity contribution in [1.82, 2.24) is 29.4 Å². The van der Waals surface area contributed by atoms with E-state index in [1.807, 2.05) is 17.0 Å². The van der Waals surface area contributed by atoms with Crippen LogP contribution >= 0.6 is 0 Å². The van der Waals surface area contributed by atoms with E-state index in [4.69, 9.17) is 4.74 Å². The van der Waals surface area contributed by atoms with Gasteiger partial charge in [0.15, 0.2) is 0 Å². The molecular formula is C21H24N6O2. The Morgan fingerprint density at radius 1 is 1.17 bits per heavy atom. The first-order valence-electron chi connectivity index (χ1n) is 10.0. The molecule has 0 saturated carbocycles. The van der Waals surface area contributed by atoms with E-state index in [2.05, 4.69) is 32.1 Å². The minimum atomic E-state index is -0.0866. The number of methoxy groups -OCH3 is 1. The van der Waals surface area contributed by atoms with Gasteiger partial charge >= 0.3 is 0 Å². The fourth-order valence-electron chi connectivity index (χ4n) is 4.50. The predicted octanol–water partition coefficient (Wildman–Crippen LogP) is 1.87. The average Bonchev–Trinajstić information content (AvgIpc) is 3.00. The van der Waals surface area contributed by atoms with Gasteiger partial charge in [0.05, 0.1) is 7.11 Å². The minimum Gasteiger partial charge on any atom is -0.497 e. The van der Waals surface area contributed by atoms with Crippen molar-refractivity contribution < 1.29 is 9.53 Å². The van der Waals surface area contributed by atoms with Crippen LogP contribution in [0.2, 0.25) is 0 Å². The van der Waals surface area contributed by atoms with Gasteiger partial charge in [-0.25, -0.2) is 9.50 Å². The maximum Gasteiger partial charge on any atom is 0.293 e. The van der Waals surface area contributed by atoms with Crippen LogP contribution in [-0.2, 0) is 6.54 Å². The third-order valence-electron chi connectivity index (χ3n) is 5.92. The van der Waals surface area contributed by atoms with Gasteiger partial charge < -0.3 is 9.64 Å². The lowest BCUT2D eigenvalue weighted by Gasteiger charge is -2.35. The van der Waals surface area contributed by atoms with Gasteiger partial charge in [0.2, 0.25) is 5.82 Å². The molecule has 3 aliphatic heterocycles. The van der Waals surface area contributed by atoms with Gasteiger partial charge in [-0.05, 0) is 42.5 Å². The number of aromatic nitrogens is 4. The number of carbonyl (C=O) groups is 1. The van der Waals surface area contributed by atoms with Crippen molar-refractivity contribution in [3.05, 3.63) is 54.1 Å². The molecule has 8 heteroatoms. The Morgan fingerprint density at radius 2 is 2.03 bits per heavy atom. The first-order valence-corrected chi connectivity index (χ1v) is 10.0. The topological polar surface area (TPSA) is 75.9 Å². The van der Waals surface area contributed by atoms with Crippen LogP contribution in [-0.4, -0.2) is 68.1 Å². The van der Waals surface area contributed by atoms with Crippen LogP contribution in [0, 0.1) is 5.92 Å². The fourth-order valence-corrected chi connectivity index (χ4v) is 4.50. The van der Waals surface area contributed by atoms with Crippen molar-refractivity contribution in [2.45, 2.75) is 25.4 Å². The first kappa shape index (κ1) is 18.1. The van der Waals surface area contributed by atoms with Gasteiger partial charge in [0.25, 0.3) is 11.7 Å². The van der Waals surface area contributed by atoms with Crippen molar-refractivity contribution in [1.29, 1.82) is 0 Å². The molecule has 3 aliphatic rings. The summed E-state index contributed by atoms with van der Waals surface area (Å²) in [4.78, 5) is 26.1. The summed E-state index contributed by atoms with van der Waals surface area (Å²) in [6.45, 7) is 3.54. The molecule has 2 aromatic heterocycles. The SMILES string of the molecule is COc1ccc(CN2C[C@H]3CC[C@@H](C2)N(C(=O)c2nc4ncccn4n2)C3)cc1. The quantitative estimate of drug-likeness (QED) is 0.675. The molecule has 2 bridgehead atoms. The van der Waals surface area contributed by atoms with Crippen LogP contribution < -0.4 is 4.74 Å². The molecule has 0 N–H and O–H groups in total. The van der Waals surface area contributed by atoms with E-state index in [1.54, 1.807) is 30.1 Å². The molecule has 3 fully saturated rings. The molecule has 5 heterocycles. The van der Waals surface area contributed by atoms with E-state index in [9.17, 15) is 4.79 Å². The monoisotopic (exact) mass is 392 g/mol. The molecule has 3 aromatic rings. The van der Waals surface area contributed by atoms with Gasteiger partial charge in [-0.2, -0.15) is 4.98 Å². The van der Waals surface area contributed by atoms with E-state index in [1.165, 1.54) is 5.56 Å². The first-order chi connectivity index (χ1) is 14.2. The Morgan fingerprint density at radius 3 is 2.83 bits per heavy atom. The third-order valence-corrected chi connectivity index (χ3v) is 5.92. The van der Waals surface area contributed by atoms with Gasteiger partial charge in [-0.3, -0.25) is 9.69 Å². The Hall–Kier alpha value is -3.00. The van der Waals surface area contributed by atoms with Crippen LogP contribution in [0.15, 0.2) is 42.7 Å². The number of hydrogen-bond acceptors (Lipinski definition) is 6. The van der Waals surface area contributed by atoms with Crippen LogP contribution in [0.3, 0.4) is 0 Å². The standard InChI is InChI=1S/C21H24N6O2/c1-29-18-7-4-15(5-8-18)11-25-12-16-3-6-17(14-25)26(13-16)20(28)19-23-21-22-9-2-10-27(21)24-19/h2,4-5,7-10,16-17H,3,6,11-14H2,1H3/t16-,17+/m1/s1. The Labute approximate surface area is 169 Å². The second-order valence-electron chi connectivity index (χ2n) is 7.90. The normalized spacial score (nSPS) is 22.0. The molecule has 0 unspecified atom stereocenters. The summed E-state index contributed by atoms with van der Waals surface area (Å²) < 4.78 is 6.81. The highest BCUT2D eigenvalue weighted by Crippen LogP contribution is 2.30. The van der Waals surface area contributed by atoms with Crippen LogP contribution in [0.25, 0.3) is 5.78 Å². The van der Waals surface area contributed by atoms with Crippen molar-refractivity contribution >= 4 is 11.7 Å². The lowest BCUT2D eigenvalue weighted by atomic mass is 9.95. The molecule has 8 nitrogen and oxygen atoms in total. The van der Waals surface area contributed by atoms with Crippen LogP contribution in [0.1, 0.15) is 29.0 Å². The molecule has 0 radical (unpaired) electrons. The summed E-state index contributed by atoms with van der Waals surface area (Å²) in [5.74, 6) is 1.95. The summed E-state index contributed by atoms with van der Waals surface area (Å²) >= 11 is 0. The molecule has 2 atom stereocenters. The molecule has 1 amide bonds. The summed E-state index contributed by atoms with van der Waals surface area (Å²) in [5.41, 5.74) is 1.26. The zero-order chi connectivity index (χ0) is 19.8. The highest BCUT2D eigenvalue weighted by Gasteiger charge is 2.38. The highest BCUT2D eigenvalue weighted by molar-refractivity contribution is 5.91. The number of nitrogens with zero attached hydrogens (tertiary/aromatic N) is 6. The highest BCUT2D eigenvalue weighted by atomic mass is 16.5. The van der Waals surface area contributed by atoms with E-state index < -0.39 is 0 Å².